The molecule has 0 saturated carbocycles. The molecular weight excluding hydrogens is 164 g/mol. The minimum absolute atomic E-state index is 0.811. The minimum atomic E-state index is -0.811. The molecule has 0 aliphatic carbocycles. The Bertz CT molecular complexity index is 243. The van der Waals surface area contributed by atoms with Crippen LogP contribution in [0.2, 0.25) is 0 Å². The van der Waals surface area contributed by atoms with Crippen molar-refractivity contribution in [2.45, 2.75) is 18.7 Å². The van der Waals surface area contributed by atoms with E-state index in [4.69, 9.17) is 0 Å². The van der Waals surface area contributed by atoms with Gasteiger partial charge in [-0.1, -0.05) is 0 Å². The van der Waals surface area contributed by atoms with E-state index in [0.717, 1.165) is 10.5 Å². The van der Waals surface area contributed by atoms with Gasteiger partial charge in [0.1, 0.15) is 0 Å². The van der Waals surface area contributed by atoms with Crippen molar-refractivity contribution in [2.24, 2.45) is 0 Å². The van der Waals surface area contributed by atoms with Crippen LogP contribution in [0, 0.1) is 13.8 Å². The first kappa shape index (κ1) is 7.95. The van der Waals surface area contributed by atoms with Gasteiger partial charge in [-0.25, -0.2) is 0 Å². The monoisotopic (exact) mass is 174 g/mol. The lowest BCUT2D eigenvalue weighted by Gasteiger charge is -1.94. The molecule has 1 nitrogen and oxygen atoms in total. The van der Waals surface area contributed by atoms with E-state index in [1.165, 1.54) is 4.88 Å². The number of hydrogen-bond acceptors (Lipinski definition) is 2. The van der Waals surface area contributed by atoms with Crippen LogP contribution in [0.5, 0.6) is 0 Å². The highest BCUT2D eigenvalue weighted by Crippen LogP contribution is 2.23. The van der Waals surface area contributed by atoms with Crippen molar-refractivity contribution in [3.63, 3.8) is 0 Å². The summed E-state index contributed by atoms with van der Waals surface area (Å²) in [6.07, 6.45) is 1.72. The second-order valence-electron chi connectivity index (χ2n) is 2.26. The Hall–Kier alpha value is -0.150. The maximum Gasteiger partial charge on any atom is 0.0550 e. The molecule has 1 rings (SSSR count). The third kappa shape index (κ3) is 1.30. The zero-order valence-electron chi connectivity index (χ0n) is 6.30. The van der Waals surface area contributed by atoms with Gasteiger partial charge in [0.2, 0.25) is 0 Å². The van der Waals surface area contributed by atoms with Gasteiger partial charge in [-0.05, 0) is 24.8 Å². The zero-order chi connectivity index (χ0) is 7.72. The lowest BCUT2D eigenvalue weighted by Crippen LogP contribution is -1.88. The highest BCUT2D eigenvalue weighted by atomic mass is 32.2. The molecule has 0 aliphatic heterocycles. The third-order valence-electron chi connectivity index (χ3n) is 1.38. The zero-order valence-corrected chi connectivity index (χ0v) is 7.94. The van der Waals surface area contributed by atoms with Gasteiger partial charge in [0.05, 0.1) is 15.7 Å². The van der Waals surface area contributed by atoms with Crippen molar-refractivity contribution >= 4 is 22.1 Å². The largest absolute Gasteiger partial charge is 0.255 e. The van der Waals surface area contributed by atoms with Crippen LogP contribution in [-0.2, 0) is 10.8 Å². The van der Waals surface area contributed by atoms with E-state index in [2.05, 4.69) is 0 Å². The summed E-state index contributed by atoms with van der Waals surface area (Å²) in [4.78, 5) is 2.20. The van der Waals surface area contributed by atoms with Crippen molar-refractivity contribution in [2.75, 3.05) is 6.26 Å². The topological polar surface area (TPSA) is 17.1 Å². The van der Waals surface area contributed by atoms with Crippen LogP contribution < -0.4 is 0 Å². The standard InChI is InChI=1S/C7H10OS2/c1-5-4-9-6(2)7(5)10(3)8/h4H,1-3H3. The molecule has 1 unspecified atom stereocenters. The van der Waals surface area contributed by atoms with Crippen LogP contribution >= 0.6 is 11.3 Å². The molecule has 1 heterocycles. The quantitative estimate of drug-likeness (QED) is 0.637. The van der Waals surface area contributed by atoms with Crippen LogP contribution in [0.15, 0.2) is 10.3 Å². The first-order valence-corrected chi connectivity index (χ1v) is 5.45. The van der Waals surface area contributed by atoms with E-state index in [1.807, 2.05) is 19.2 Å². The molecule has 56 valence electrons. The minimum Gasteiger partial charge on any atom is -0.255 e. The summed E-state index contributed by atoms with van der Waals surface area (Å²) in [6.45, 7) is 4.01. The second kappa shape index (κ2) is 2.84. The van der Waals surface area contributed by atoms with E-state index in [1.54, 1.807) is 17.6 Å². The number of rotatable bonds is 1. The molecule has 1 atom stereocenters. The Morgan fingerprint density at radius 3 is 2.30 bits per heavy atom. The van der Waals surface area contributed by atoms with Crippen molar-refractivity contribution in [1.82, 2.24) is 0 Å². The van der Waals surface area contributed by atoms with Crippen molar-refractivity contribution < 1.29 is 4.21 Å². The van der Waals surface area contributed by atoms with Gasteiger partial charge in [-0.15, -0.1) is 11.3 Å². The van der Waals surface area contributed by atoms with E-state index in [9.17, 15) is 4.21 Å². The fraction of sp³-hybridized carbons (Fsp3) is 0.429. The molecule has 0 saturated heterocycles. The molecule has 0 amide bonds. The average molecular weight is 174 g/mol. The van der Waals surface area contributed by atoms with Crippen molar-refractivity contribution in [3.8, 4) is 0 Å². The molecule has 1 aromatic heterocycles. The normalized spacial score (nSPS) is 13.5. The molecule has 1 aromatic rings. The van der Waals surface area contributed by atoms with Gasteiger partial charge in [0.25, 0.3) is 0 Å². The van der Waals surface area contributed by atoms with Crippen LogP contribution in [-0.4, -0.2) is 10.5 Å². The highest BCUT2D eigenvalue weighted by Gasteiger charge is 2.06. The molecule has 0 N–H and O–H groups in total. The summed E-state index contributed by atoms with van der Waals surface area (Å²) in [5, 5.41) is 2.05. The van der Waals surface area contributed by atoms with Gasteiger partial charge >= 0.3 is 0 Å². The Labute approximate surface area is 67.5 Å². The summed E-state index contributed by atoms with van der Waals surface area (Å²) in [7, 11) is -0.811. The number of thiophene rings is 1. The lowest BCUT2D eigenvalue weighted by molar-refractivity contribution is 0.686. The molecule has 0 spiro atoms. The van der Waals surface area contributed by atoms with Crippen molar-refractivity contribution in [3.05, 3.63) is 15.8 Å². The smallest absolute Gasteiger partial charge is 0.0550 e. The highest BCUT2D eigenvalue weighted by molar-refractivity contribution is 7.84. The number of hydrogen-bond donors (Lipinski definition) is 0. The van der Waals surface area contributed by atoms with Gasteiger partial charge in [0, 0.05) is 11.1 Å². The second-order valence-corrected chi connectivity index (χ2v) is 4.66. The molecule has 0 fully saturated rings. The summed E-state index contributed by atoms with van der Waals surface area (Å²) in [6, 6.07) is 0. The summed E-state index contributed by atoms with van der Waals surface area (Å²) < 4.78 is 11.1. The Balaban J connectivity index is 3.23. The van der Waals surface area contributed by atoms with Crippen LogP contribution in [0.4, 0.5) is 0 Å². The number of aryl methyl sites for hydroxylation is 2. The van der Waals surface area contributed by atoms with Crippen LogP contribution in [0.1, 0.15) is 10.4 Å². The van der Waals surface area contributed by atoms with E-state index in [0.29, 0.717) is 0 Å². The van der Waals surface area contributed by atoms with Crippen molar-refractivity contribution in [1.29, 1.82) is 0 Å². The van der Waals surface area contributed by atoms with Crippen LogP contribution in [0.3, 0.4) is 0 Å². The molecule has 0 aromatic carbocycles. The maximum absolute atomic E-state index is 11.1. The summed E-state index contributed by atoms with van der Waals surface area (Å²) >= 11 is 1.67. The Kier molecular flexibility index (Phi) is 2.26. The summed E-state index contributed by atoms with van der Waals surface area (Å²) in [5.41, 5.74) is 1.16. The lowest BCUT2D eigenvalue weighted by atomic mass is 10.3. The third-order valence-corrected chi connectivity index (χ3v) is 3.74. The van der Waals surface area contributed by atoms with Gasteiger partial charge in [-0.2, -0.15) is 0 Å². The van der Waals surface area contributed by atoms with Gasteiger partial charge in [0.15, 0.2) is 0 Å². The molecule has 0 bridgehead atoms. The van der Waals surface area contributed by atoms with E-state index in [-0.39, 0.29) is 0 Å². The predicted octanol–water partition coefficient (Wildman–Crippen LogP) is 2.10. The van der Waals surface area contributed by atoms with Gasteiger partial charge < -0.3 is 0 Å². The molecular formula is C7H10OS2. The summed E-state index contributed by atoms with van der Waals surface area (Å²) in [5.74, 6) is 0. The SMILES string of the molecule is Cc1csc(C)c1S(C)=O. The molecule has 0 aliphatic rings. The first-order valence-electron chi connectivity index (χ1n) is 3.01. The predicted molar refractivity (Wildman–Crippen MR) is 46.1 cm³/mol. The average Bonchev–Trinajstić information content (AvgIpc) is 2.11. The fourth-order valence-electron chi connectivity index (χ4n) is 0.991. The maximum atomic E-state index is 11.1. The van der Waals surface area contributed by atoms with E-state index >= 15 is 0 Å². The van der Waals surface area contributed by atoms with Gasteiger partial charge in [-0.3, -0.25) is 4.21 Å². The Morgan fingerprint density at radius 2 is 2.10 bits per heavy atom. The van der Waals surface area contributed by atoms with E-state index < -0.39 is 10.8 Å². The molecule has 3 heteroatoms. The fourth-order valence-corrected chi connectivity index (χ4v) is 3.22. The first-order chi connectivity index (χ1) is 4.63. The molecule has 10 heavy (non-hydrogen) atoms. The molecule has 0 radical (unpaired) electrons. The van der Waals surface area contributed by atoms with Crippen LogP contribution in [0.25, 0.3) is 0 Å². The Morgan fingerprint density at radius 1 is 1.50 bits per heavy atom.